The molecule has 0 saturated carbocycles. The van der Waals surface area contributed by atoms with Crippen LogP contribution in [0.5, 0.6) is 6.01 Å². The molecule has 1 unspecified atom stereocenters. The number of imidazole rings is 1. The van der Waals surface area contributed by atoms with Crippen LogP contribution in [0.2, 0.25) is 10.0 Å². The topological polar surface area (TPSA) is 79.4 Å². The molecule has 1 heterocycles. The predicted molar refractivity (Wildman–Crippen MR) is 131 cm³/mol. The lowest BCUT2D eigenvalue weighted by Gasteiger charge is -2.21. The summed E-state index contributed by atoms with van der Waals surface area (Å²) in [5.41, 5.74) is 1.67. The van der Waals surface area contributed by atoms with E-state index in [9.17, 15) is 10.1 Å². The van der Waals surface area contributed by atoms with Gasteiger partial charge in [0.25, 0.3) is 6.01 Å². The van der Waals surface area contributed by atoms with Crippen molar-refractivity contribution in [1.29, 1.82) is 0 Å². The first-order chi connectivity index (χ1) is 16.5. The minimum Gasteiger partial charge on any atom is -0.367 e. The molecule has 10 heteroatoms. The Hall–Kier alpha value is -3.04. The van der Waals surface area contributed by atoms with Crippen LogP contribution in [0.1, 0.15) is 17.2 Å². The second-order valence-electron chi connectivity index (χ2n) is 7.20. The van der Waals surface area contributed by atoms with Gasteiger partial charge in [0.15, 0.2) is 0 Å². The summed E-state index contributed by atoms with van der Waals surface area (Å²) in [6.07, 6.45) is 2.46. The van der Waals surface area contributed by atoms with Crippen LogP contribution >= 0.6 is 35.0 Å². The maximum absolute atomic E-state index is 10.8. The van der Waals surface area contributed by atoms with E-state index in [1.165, 1.54) is 10.8 Å². The van der Waals surface area contributed by atoms with Gasteiger partial charge in [-0.05, 0) is 42.0 Å². The van der Waals surface area contributed by atoms with Crippen LogP contribution in [-0.2, 0) is 17.9 Å². The van der Waals surface area contributed by atoms with Crippen molar-refractivity contribution in [2.24, 2.45) is 0 Å². The maximum atomic E-state index is 10.8. The molecule has 0 saturated heterocycles. The quantitative estimate of drug-likeness (QED) is 0.169. The van der Waals surface area contributed by atoms with E-state index in [0.717, 1.165) is 15.4 Å². The van der Waals surface area contributed by atoms with Crippen molar-refractivity contribution in [2.75, 3.05) is 0 Å². The molecule has 4 aromatic rings. The summed E-state index contributed by atoms with van der Waals surface area (Å²) >= 11 is 14.2. The number of nitrogens with zero attached hydrogens (tertiary/aromatic N) is 3. The van der Waals surface area contributed by atoms with Gasteiger partial charge in [0, 0.05) is 37.8 Å². The normalized spacial score (nSPS) is 11.8. The van der Waals surface area contributed by atoms with Gasteiger partial charge in [-0.15, -0.1) is 10.1 Å². The summed E-state index contributed by atoms with van der Waals surface area (Å²) in [6.45, 7) is 0.506. The van der Waals surface area contributed by atoms with Crippen LogP contribution in [0.25, 0.3) is 0 Å². The molecule has 7 nitrogen and oxygen atoms in total. The highest BCUT2D eigenvalue weighted by Gasteiger charge is 2.20. The zero-order chi connectivity index (χ0) is 23.9. The molecule has 1 atom stereocenters. The molecule has 0 aliphatic rings. The minimum atomic E-state index is -0.904. The maximum Gasteiger partial charge on any atom is 0.302 e. The molecule has 0 aliphatic heterocycles. The molecule has 34 heavy (non-hydrogen) atoms. The standard InChI is InChI=1S/C24H19Cl2N3O4S/c25-18-8-11-21(22(26)14-18)23(15-28-13-12-27-24(28)33-29(30)31)32-16-17-6-9-20(10-7-17)34-19-4-2-1-3-5-19/h1-14,23H,15-16H2. The monoisotopic (exact) mass is 515 g/mol. The second kappa shape index (κ2) is 11.4. The molecular formula is C24H19Cl2N3O4S. The third-order valence-electron chi connectivity index (χ3n) is 4.86. The van der Waals surface area contributed by atoms with E-state index in [4.69, 9.17) is 27.9 Å². The van der Waals surface area contributed by atoms with Crippen molar-refractivity contribution >= 4 is 35.0 Å². The third-order valence-corrected chi connectivity index (χ3v) is 6.44. The van der Waals surface area contributed by atoms with Crippen molar-refractivity contribution < 1.29 is 14.7 Å². The molecule has 4 rings (SSSR count). The fourth-order valence-electron chi connectivity index (χ4n) is 3.25. The van der Waals surface area contributed by atoms with Gasteiger partial charge in [0.2, 0.25) is 0 Å². The van der Waals surface area contributed by atoms with Crippen LogP contribution in [0.4, 0.5) is 0 Å². The Morgan fingerprint density at radius 3 is 2.47 bits per heavy atom. The molecule has 0 aliphatic carbocycles. The van der Waals surface area contributed by atoms with Crippen LogP contribution < -0.4 is 4.84 Å². The van der Waals surface area contributed by atoms with Gasteiger partial charge in [-0.25, -0.2) is 9.82 Å². The van der Waals surface area contributed by atoms with E-state index in [1.807, 2.05) is 42.5 Å². The van der Waals surface area contributed by atoms with Crippen molar-refractivity contribution in [2.45, 2.75) is 29.0 Å². The molecular weight excluding hydrogens is 497 g/mol. The highest BCUT2D eigenvalue weighted by molar-refractivity contribution is 7.99. The van der Waals surface area contributed by atoms with Crippen molar-refractivity contribution in [3.05, 3.63) is 116 Å². The lowest BCUT2D eigenvalue weighted by molar-refractivity contribution is -0.713. The predicted octanol–water partition coefficient (Wildman–Crippen LogP) is 6.87. The summed E-state index contributed by atoms with van der Waals surface area (Å²) in [5.74, 6) is 0. The number of aromatic nitrogens is 2. The Morgan fingerprint density at radius 2 is 1.76 bits per heavy atom. The van der Waals surface area contributed by atoms with Gasteiger partial charge in [-0.2, -0.15) is 0 Å². The molecule has 0 fully saturated rings. The number of rotatable bonds is 10. The first kappa shape index (κ1) is 24.1. The largest absolute Gasteiger partial charge is 0.367 e. The zero-order valence-corrected chi connectivity index (χ0v) is 20.0. The molecule has 0 radical (unpaired) electrons. The lowest BCUT2D eigenvalue weighted by atomic mass is 10.1. The fraction of sp³-hybridized carbons (Fsp3) is 0.125. The van der Waals surface area contributed by atoms with E-state index in [-0.39, 0.29) is 12.6 Å². The summed E-state index contributed by atoms with van der Waals surface area (Å²) in [6, 6.07) is 23.2. The average Bonchev–Trinajstić information content (AvgIpc) is 3.24. The van der Waals surface area contributed by atoms with E-state index in [0.29, 0.717) is 22.2 Å². The van der Waals surface area contributed by atoms with Crippen molar-refractivity contribution in [3.63, 3.8) is 0 Å². The Labute approximate surface area is 210 Å². The molecule has 1 aromatic heterocycles. The van der Waals surface area contributed by atoms with Gasteiger partial charge < -0.3 is 9.30 Å². The Kier molecular flexibility index (Phi) is 8.08. The van der Waals surface area contributed by atoms with Gasteiger partial charge in [0.1, 0.15) is 6.10 Å². The van der Waals surface area contributed by atoms with Crippen LogP contribution in [0.3, 0.4) is 0 Å². The van der Waals surface area contributed by atoms with Gasteiger partial charge in [0.05, 0.1) is 13.2 Å². The average molecular weight is 516 g/mol. The summed E-state index contributed by atoms with van der Waals surface area (Å²) < 4.78 is 7.72. The summed E-state index contributed by atoms with van der Waals surface area (Å²) in [4.78, 5) is 21.5. The van der Waals surface area contributed by atoms with E-state index in [2.05, 4.69) is 22.0 Å². The van der Waals surface area contributed by atoms with E-state index in [1.54, 1.807) is 36.2 Å². The third kappa shape index (κ3) is 6.51. The highest BCUT2D eigenvalue weighted by atomic mass is 35.5. The number of benzene rings is 3. The molecule has 174 valence electrons. The molecule has 0 amide bonds. The molecule has 0 N–H and O–H groups in total. The van der Waals surface area contributed by atoms with E-state index >= 15 is 0 Å². The van der Waals surface area contributed by atoms with Crippen LogP contribution in [0, 0.1) is 10.1 Å². The Balaban J connectivity index is 1.49. The molecule has 0 bridgehead atoms. The van der Waals surface area contributed by atoms with Gasteiger partial charge in [-0.3, -0.25) is 0 Å². The smallest absolute Gasteiger partial charge is 0.302 e. The van der Waals surface area contributed by atoms with E-state index < -0.39 is 11.2 Å². The first-order valence-corrected chi connectivity index (χ1v) is 11.8. The molecule has 3 aromatic carbocycles. The minimum absolute atomic E-state index is 0.147. The summed E-state index contributed by atoms with van der Waals surface area (Å²) in [7, 11) is 0. The fourth-order valence-corrected chi connectivity index (χ4v) is 4.62. The van der Waals surface area contributed by atoms with Gasteiger partial charge in [-0.1, -0.05) is 71.4 Å². The number of hydrogen-bond donors (Lipinski definition) is 0. The highest BCUT2D eigenvalue weighted by Crippen LogP contribution is 2.32. The van der Waals surface area contributed by atoms with Gasteiger partial charge >= 0.3 is 5.09 Å². The molecule has 0 spiro atoms. The lowest BCUT2D eigenvalue weighted by Crippen LogP contribution is -2.16. The number of ether oxygens (including phenoxy) is 1. The number of hydrogen-bond acceptors (Lipinski definition) is 6. The first-order valence-electron chi connectivity index (χ1n) is 10.2. The van der Waals surface area contributed by atoms with Crippen LogP contribution in [-0.4, -0.2) is 14.6 Å². The van der Waals surface area contributed by atoms with Crippen LogP contribution in [0.15, 0.2) is 95.0 Å². The van der Waals surface area contributed by atoms with Crippen molar-refractivity contribution in [3.8, 4) is 6.01 Å². The SMILES string of the molecule is O=[N+]([O-])Oc1nccn1CC(OCc1ccc(Sc2ccccc2)cc1)c1ccc(Cl)cc1Cl. The zero-order valence-electron chi connectivity index (χ0n) is 17.7. The van der Waals surface area contributed by atoms with Crippen molar-refractivity contribution in [1.82, 2.24) is 9.55 Å². The second-order valence-corrected chi connectivity index (χ2v) is 9.19. The number of halogens is 2. The summed E-state index contributed by atoms with van der Waals surface area (Å²) in [5, 5.41) is 10.8. The Bertz CT molecular complexity index is 1250. The Morgan fingerprint density at radius 1 is 1.03 bits per heavy atom.